The van der Waals surface area contributed by atoms with Crippen molar-refractivity contribution in [1.82, 2.24) is 10.3 Å². The molecule has 1 N–H and O–H groups in total. The predicted molar refractivity (Wildman–Crippen MR) is 87.5 cm³/mol. The lowest BCUT2D eigenvalue weighted by molar-refractivity contribution is -0.124. The van der Waals surface area contributed by atoms with Gasteiger partial charge < -0.3 is 10.1 Å². The minimum atomic E-state index is -0.855. The second kappa shape index (κ2) is 8.08. The van der Waals surface area contributed by atoms with E-state index < -0.39 is 18.5 Å². The van der Waals surface area contributed by atoms with E-state index in [9.17, 15) is 14.0 Å². The summed E-state index contributed by atoms with van der Waals surface area (Å²) in [5, 5.41) is 2.79. The second-order valence-electron chi connectivity index (χ2n) is 4.88. The molecule has 0 aliphatic carbocycles. The molecular formula is C16H13Cl2FN2O3. The minimum absolute atomic E-state index is 0.0736. The fraction of sp³-hybridized carbons (Fsp3) is 0.188. The van der Waals surface area contributed by atoms with Crippen molar-refractivity contribution in [2.45, 2.75) is 13.0 Å². The van der Waals surface area contributed by atoms with Gasteiger partial charge in [-0.3, -0.25) is 4.79 Å². The van der Waals surface area contributed by atoms with Crippen LogP contribution in [0.5, 0.6) is 0 Å². The lowest BCUT2D eigenvalue weighted by Crippen LogP contribution is -2.31. The third kappa shape index (κ3) is 4.91. The van der Waals surface area contributed by atoms with Gasteiger partial charge in [0.2, 0.25) is 0 Å². The first-order valence-electron chi connectivity index (χ1n) is 6.91. The Morgan fingerprint density at radius 1 is 1.21 bits per heavy atom. The maximum atomic E-state index is 12.9. The Hall–Kier alpha value is -2.18. The molecule has 1 atom stereocenters. The maximum absolute atomic E-state index is 12.9. The van der Waals surface area contributed by atoms with E-state index in [1.807, 2.05) is 0 Å². The lowest BCUT2D eigenvalue weighted by atomic mass is 10.1. The Morgan fingerprint density at radius 3 is 2.54 bits per heavy atom. The molecule has 0 aliphatic rings. The normalized spacial score (nSPS) is 11.7. The number of ether oxygens (including phenoxy) is 1. The van der Waals surface area contributed by atoms with Crippen LogP contribution in [-0.4, -0.2) is 23.5 Å². The van der Waals surface area contributed by atoms with E-state index >= 15 is 0 Å². The van der Waals surface area contributed by atoms with Crippen molar-refractivity contribution in [1.29, 1.82) is 0 Å². The van der Waals surface area contributed by atoms with Crippen molar-refractivity contribution >= 4 is 35.1 Å². The number of nitrogens with zero attached hydrogens (tertiary/aromatic N) is 1. The van der Waals surface area contributed by atoms with Gasteiger partial charge in [0.05, 0.1) is 11.1 Å². The van der Waals surface area contributed by atoms with Crippen molar-refractivity contribution < 1.29 is 18.7 Å². The molecule has 1 amide bonds. The van der Waals surface area contributed by atoms with E-state index in [-0.39, 0.29) is 27.7 Å². The minimum Gasteiger partial charge on any atom is -0.451 e. The highest BCUT2D eigenvalue weighted by Gasteiger charge is 2.17. The standard InChI is InChI=1S/C16H13Cl2FN2O3/c1-9(10-2-4-11(19)5-3-10)20-14(22)8-24-16(23)15-12(17)6-7-13(18)21-15/h2-7,9H,8H2,1H3,(H,20,22)/t9-/m1/s1. The number of nitrogens with one attached hydrogen (secondary N) is 1. The zero-order valence-electron chi connectivity index (χ0n) is 12.6. The molecule has 0 radical (unpaired) electrons. The van der Waals surface area contributed by atoms with Crippen LogP contribution in [0.2, 0.25) is 10.2 Å². The summed E-state index contributed by atoms with van der Waals surface area (Å²) in [6.45, 7) is 1.22. The third-order valence-electron chi connectivity index (χ3n) is 3.09. The number of amides is 1. The van der Waals surface area contributed by atoms with E-state index in [1.54, 1.807) is 19.1 Å². The Kier molecular flexibility index (Phi) is 6.11. The molecule has 0 saturated heterocycles. The number of rotatable bonds is 5. The van der Waals surface area contributed by atoms with Crippen LogP contribution in [0.25, 0.3) is 0 Å². The van der Waals surface area contributed by atoms with E-state index in [0.717, 1.165) is 5.56 Å². The summed E-state index contributed by atoms with van der Waals surface area (Å²) in [4.78, 5) is 27.5. The first-order valence-corrected chi connectivity index (χ1v) is 7.66. The summed E-state index contributed by atoms with van der Waals surface area (Å²) in [6.07, 6.45) is 0. The summed E-state index contributed by atoms with van der Waals surface area (Å²) >= 11 is 11.5. The lowest BCUT2D eigenvalue weighted by Gasteiger charge is -2.14. The summed E-state index contributed by atoms with van der Waals surface area (Å²) < 4.78 is 17.7. The van der Waals surface area contributed by atoms with E-state index in [2.05, 4.69) is 10.3 Å². The van der Waals surface area contributed by atoms with Gasteiger partial charge in [-0.05, 0) is 36.8 Å². The van der Waals surface area contributed by atoms with Crippen LogP contribution in [0.4, 0.5) is 4.39 Å². The number of benzene rings is 1. The Labute approximate surface area is 147 Å². The molecule has 126 valence electrons. The number of esters is 1. The SMILES string of the molecule is C[C@@H](NC(=O)COC(=O)c1nc(Cl)ccc1Cl)c1ccc(F)cc1. The topological polar surface area (TPSA) is 68.3 Å². The Balaban J connectivity index is 1.89. The van der Waals surface area contributed by atoms with Crippen molar-refractivity contribution in [2.24, 2.45) is 0 Å². The number of aromatic nitrogens is 1. The Bertz CT molecular complexity index is 753. The molecule has 1 aromatic carbocycles. The van der Waals surface area contributed by atoms with Crippen LogP contribution < -0.4 is 5.32 Å². The van der Waals surface area contributed by atoms with Crippen molar-refractivity contribution in [3.05, 3.63) is 63.6 Å². The van der Waals surface area contributed by atoms with E-state index in [0.29, 0.717) is 0 Å². The summed E-state index contributed by atoms with van der Waals surface area (Å²) in [7, 11) is 0. The van der Waals surface area contributed by atoms with E-state index in [4.69, 9.17) is 27.9 Å². The first kappa shape index (κ1) is 18.2. The van der Waals surface area contributed by atoms with Gasteiger partial charge in [0, 0.05) is 0 Å². The maximum Gasteiger partial charge on any atom is 0.359 e. The van der Waals surface area contributed by atoms with Crippen LogP contribution in [0.15, 0.2) is 36.4 Å². The number of hydrogen-bond acceptors (Lipinski definition) is 4. The van der Waals surface area contributed by atoms with Gasteiger partial charge in [0.1, 0.15) is 11.0 Å². The van der Waals surface area contributed by atoms with Crippen molar-refractivity contribution in [3.8, 4) is 0 Å². The second-order valence-corrected chi connectivity index (χ2v) is 5.68. The number of carbonyl (C=O) groups excluding carboxylic acids is 2. The van der Waals surface area contributed by atoms with Gasteiger partial charge in [-0.1, -0.05) is 35.3 Å². The summed E-state index contributed by atoms with van der Waals surface area (Å²) in [6, 6.07) is 8.17. The van der Waals surface area contributed by atoms with E-state index in [1.165, 1.54) is 24.3 Å². The molecule has 24 heavy (non-hydrogen) atoms. The molecule has 0 unspecified atom stereocenters. The first-order chi connectivity index (χ1) is 11.4. The molecule has 0 fully saturated rings. The van der Waals surface area contributed by atoms with Gasteiger partial charge in [0.25, 0.3) is 5.91 Å². The number of hydrogen-bond donors (Lipinski definition) is 1. The van der Waals surface area contributed by atoms with Crippen molar-refractivity contribution in [3.63, 3.8) is 0 Å². The zero-order chi connectivity index (χ0) is 17.7. The molecule has 5 nitrogen and oxygen atoms in total. The number of halogens is 3. The van der Waals surface area contributed by atoms with Gasteiger partial charge in [-0.2, -0.15) is 0 Å². The highest BCUT2D eigenvalue weighted by molar-refractivity contribution is 6.34. The van der Waals surface area contributed by atoms with Crippen molar-refractivity contribution in [2.75, 3.05) is 6.61 Å². The molecule has 2 aromatic rings. The molecule has 2 rings (SSSR count). The average Bonchev–Trinajstić information content (AvgIpc) is 2.55. The highest BCUT2D eigenvalue weighted by atomic mass is 35.5. The molecule has 1 heterocycles. The number of carbonyl (C=O) groups is 2. The van der Waals surface area contributed by atoms with Gasteiger partial charge in [0.15, 0.2) is 12.3 Å². The molecule has 0 bridgehead atoms. The molecule has 0 spiro atoms. The molecule has 0 aliphatic heterocycles. The monoisotopic (exact) mass is 370 g/mol. The van der Waals surface area contributed by atoms with Crippen LogP contribution in [0.1, 0.15) is 29.0 Å². The average molecular weight is 371 g/mol. The molecule has 8 heteroatoms. The molecule has 0 saturated carbocycles. The third-order valence-corrected chi connectivity index (χ3v) is 3.60. The quantitative estimate of drug-likeness (QED) is 0.645. The molecular weight excluding hydrogens is 358 g/mol. The molecule has 1 aromatic heterocycles. The summed E-state index contributed by atoms with van der Waals surface area (Å²) in [5.74, 6) is -1.73. The van der Waals surface area contributed by atoms with Crippen LogP contribution in [0.3, 0.4) is 0 Å². The van der Waals surface area contributed by atoms with Crippen LogP contribution >= 0.6 is 23.2 Å². The van der Waals surface area contributed by atoms with Crippen LogP contribution in [-0.2, 0) is 9.53 Å². The van der Waals surface area contributed by atoms with Gasteiger partial charge >= 0.3 is 5.97 Å². The highest BCUT2D eigenvalue weighted by Crippen LogP contribution is 2.17. The smallest absolute Gasteiger partial charge is 0.359 e. The van der Waals surface area contributed by atoms with Crippen LogP contribution in [0, 0.1) is 5.82 Å². The fourth-order valence-corrected chi connectivity index (χ4v) is 2.21. The zero-order valence-corrected chi connectivity index (χ0v) is 14.1. The summed E-state index contributed by atoms with van der Waals surface area (Å²) in [5.41, 5.74) is 0.555. The largest absolute Gasteiger partial charge is 0.451 e. The van der Waals surface area contributed by atoms with Gasteiger partial charge in [-0.25, -0.2) is 14.2 Å². The number of pyridine rings is 1. The fourth-order valence-electron chi connectivity index (χ4n) is 1.88. The van der Waals surface area contributed by atoms with Gasteiger partial charge in [-0.15, -0.1) is 0 Å². The predicted octanol–water partition coefficient (Wildman–Crippen LogP) is 3.56. The Morgan fingerprint density at radius 2 is 1.88 bits per heavy atom.